The number of carbonyl (C=O) groups excluding carboxylic acids is 1. The van der Waals surface area contributed by atoms with Crippen LogP contribution in [-0.2, 0) is 0 Å². The molecule has 2 rings (SSSR count). The van der Waals surface area contributed by atoms with E-state index in [1.54, 1.807) is 25.1 Å². The fourth-order valence-corrected chi connectivity index (χ4v) is 2.31. The first-order valence-electron chi connectivity index (χ1n) is 5.88. The van der Waals surface area contributed by atoms with Gasteiger partial charge in [0.05, 0.1) is 17.1 Å². The van der Waals surface area contributed by atoms with E-state index < -0.39 is 5.82 Å². The highest BCUT2D eigenvalue weighted by Gasteiger charge is 2.18. The molecule has 0 spiro atoms. The van der Waals surface area contributed by atoms with Crippen LogP contribution >= 0.6 is 15.9 Å². The summed E-state index contributed by atoms with van der Waals surface area (Å²) in [6.07, 6.45) is 0. The number of benzene rings is 2. The number of hydrogen-bond donors (Lipinski definition) is 1. The Morgan fingerprint density at radius 2 is 1.95 bits per heavy atom. The van der Waals surface area contributed by atoms with E-state index in [2.05, 4.69) is 15.9 Å². The Labute approximate surface area is 124 Å². The maximum Gasteiger partial charge on any atom is 0.197 e. The van der Waals surface area contributed by atoms with Gasteiger partial charge in [-0.25, -0.2) is 4.39 Å². The molecule has 0 saturated carbocycles. The summed E-state index contributed by atoms with van der Waals surface area (Å²) in [5, 5.41) is 0. The number of carbonyl (C=O) groups is 1. The highest BCUT2D eigenvalue weighted by atomic mass is 79.9. The van der Waals surface area contributed by atoms with Crippen LogP contribution < -0.4 is 10.5 Å². The number of rotatable bonds is 3. The second-order valence-corrected chi connectivity index (χ2v) is 5.22. The maximum atomic E-state index is 13.5. The number of nitrogens with two attached hydrogens (primary N) is 1. The van der Waals surface area contributed by atoms with E-state index in [0.29, 0.717) is 16.8 Å². The molecule has 0 heterocycles. The molecule has 0 unspecified atom stereocenters. The largest absolute Gasteiger partial charge is 0.496 e. The lowest BCUT2D eigenvalue weighted by Crippen LogP contribution is -2.07. The van der Waals surface area contributed by atoms with Gasteiger partial charge in [-0.2, -0.15) is 0 Å². The Hall–Kier alpha value is -1.88. The lowest BCUT2D eigenvalue weighted by molar-refractivity contribution is 0.103. The molecule has 3 nitrogen and oxygen atoms in total. The van der Waals surface area contributed by atoms with Gasteiger partial charge in [-0.3, -0.25) is 4.79 Å². The summed E-state index contributed by atoms with van der Waals surface area (Å²) in [6, 6.07) is 7.64. The molecule has 104 valence electrons. The number of ketones is 1. The summed E-state index contributed by atoms with van der Waals surface area (Å²) >= 11 is 3.08. The molecule has 0 aliphatic rings. The fraction of sp³-hybridized carbons (Fsp3) is 0.133. The monoisotopic (exact) mass is 337 g/mol. The molecule has 0 atom stereocenters. The van der Waals surface area contributed by atoms with E-state index >= 15 is 0 Å². The van der Waals surface area contributed by atoms with Gasteiger partial charge in [0.1, 0.15) is 11.6 Å². The van der Waals surface area contributed by atoms with Crippen molar-refractivity contribution in [2.45, 2.75) is 6.92 Å². The van der Waals surface area contributed by atoms with Crippen LogP contribution in [0.5, 0.6) is 5.75 Å². The van der Waals surface area contributed by atoms with Crippen LogP contribution in [0.3, 0.4) is 0 Å². The average molecular weight is 338 g/mol. The molecule has 0 radical (unpaired) electrons. The summed E-state index contributed by atoms with van der Waals surface area (Å²) in [5.74, 6) is -0.514. The van der Waals surface area contributed by atoms with Crippen molar-refractivity contribution in [3.05, 3.63) is 57.3 Å². The van der Waals surface area contributed by atoms with Gasteiger partial charge in [-0.15, -0.1) is 0 Å². The molecule has 0 aromatic heterocycles. The number of nitrogen functional groups attached to an aromatic ring is 1. The number of aryl methyl sites for hydroxylation is 1. The van der Waals surface area contributed by atoms with E-state index in [4.69, 9.17) is 10.5 Å². The zero-order valence-electron chi connectivity index (χ0n) is 11.0. The van der Waals surface area contributed by atoms with Gasteiger partial charge in [0.2, 0.25) is 0 Å². The summed E-state index contributed by atoms with van der Waals surface area (Å²) in [5.41, 5.74) is 7.83. The maximum absolute atomic E-state index is 13.5. The van der Waals surface area contributed by atoms with Crippen molar-refractivity contribution in [2.24, 2.45) is 0 Å². The topological polar surface area (TPSA) is 52.3 Å². The smallest absolute Gasteiger partial charge is 0.197 e. The van der Waals surface area contributed by atoms with Crippen LogP contribution in [0.15, 0.2) is 34.8 Å². The van der Waals surface area contributed by atoms with Gasteiger partial charge in [0.25, 0.3) is 0 Å². The van der Waals surface area contributed by atoms with E-state index in [-0.39, 0.29) is 16.0 Å². The third-order valence-electron chi connectivity index (χ3n) is 2.98. The van der Waals surface area contributed by atoms with Crippen molar-refractivity contribution in [1.82, 2.24) is 0 Å². The lowest BCUT2D eigenvalue weighted by Gasteiger charge is -2.11. The Balaban J connectivity index is 2.55. The Morgan fingerprint density at radius 1 is 1.25 bits per heavy atom. The third kappa shape index (κ3) is 2.67. The molecule has 5 heteroatoms. The zero-order valence-corrected chi connectivity index (χ0v) is 12.6. The molecule has 0 saturated heterocycles. The van der Waals surface area contributed by atoms with Crippen molar-refractivity contribution in [2.75, 3.05) is 12.8 Å². The van der Waals surface area contributed by atoms with Crippen LogP contribution in [0.25, 0.3) is 0 Å². The number of methoxy groups -OCH3 is 1. The minimum atomic E-state index is -0.479. The van der Waals surface area contributed by atoms with Crippen molar-refractivity contribution in [3.63, 3.8) is 0 Å². The lowest BCUT2D eigenvalue weighted by atomic mass is 9.98. The Bertz CT molecular complexity index is 686. The fourth-order valence-electron chi connectivity index (χ4n) is 1.96. The van der Waals surface area contributed by atoms with Crippen LogP contribution in [-0.4, -0.2) is 12.9 Å². The van der Waals surface area contributed by atoms with Gasteiger partial charge in [0, 0.05) is 17.3 Å². The molecule has 0 amide bonds. The van der Waals surface area contributed by atoms with E-state index in [9.17, 15) is 9.18 Å². The minimum Gasteiger partial charge on any atom is -0.496 e. The Kier molecular flexibility index (Phi) is 4.09. The van der Waals surface area contributed by atoms with Gasteiger partial charge in [-0.05, 0) is 52.7 Å². The van der Waals surface area contributed by atoms with Crippen LogP contribution in [0.4, 0.5) is 10.1 Å². The molecule has 20 heavy (non-hydrogen) atoms. The Morgan fingerprint density at radius 3 is 2.55 bits per heavy atom. The number of ether oxygens (including phenoxy) is 1. The first kappa shape index (κ1) is 14.5. The molecular formula is C15H13BrFNO2. The molecule has 0 aliphatic heterocycles. The van der Waals surface area contributed by atoms with E-state index in [1.807, 2.05) is 0 Å². The van der Waals surface area contributed by atoms with Crippen molar-refractivity contribution in [1.29, 1.82) is 0 Å². The summed E-state index contributed by atoms with van der Waals surface area (Å²) < 4.78 is 18.8. The molecule has 0 aliphatic carbocycles. The van der Waals surface area contributed by atoms with Crippen LogP contribution in [0.2, 0.25) is 0 Å². The molecule has 0 fully saturated rings. The van der Waals surface area contributed by atoms with Gasteiger partial charge >= 0.3 is 0 Å². The number of hydrogen-bond acceptors (Lipinski definition) is 3. The quantitative estimate of drug-likeness (QED) is 0.686. The zero-order chi connectivity index (χ0) is 14.9. The van der Waals surface area contributed by atoms with E-state index in [0.717, 1.165) is 5.56 Å². The second kappa shape index (κ2) is 5.63. The normalized spacial score (nSPS) is 10.4. The summed E-state index contributed by atoms with van der Waals surface area (Å²) in [7, 11) is 1.40. The van der Waals surface area contributed by atoms with Crippen LogP contribution in [0, 0.1) is 12.7 Å². The molecule has 2 N–H and O–H groups in total. The predicted octanol–water partition coefficient (Wildman–Crippen LogP) is 3.72. The SMILES string of the molecule is COc1cc(F)c(Br)cc1C(=O)c1ccc(N)cc1C. The summed E-state index contributed by atoms with van der Waals surface area (Å²) in [6.45, 7) is 1.80. The minimum absolute atomic E-state index is 0.201. The first-order chi connectivity index (χ1) is 9.43. The predicted molar refractivity (Wildman–Crippen MR) is 79.7 cm³/mol. The highest BCUT2D eigenvalue weighted by molar-refractivity contribution is 9.10. The van der Waals surface area contributed by atoms with Gasteiger partial charge in [-0.1, -0.05) is 0 Å². The second-order valence-electron chi connectivity index (χ2n) is 4.37. The first-order valence-corrected chi connectivity index (χ1v) is 6.67. The average Bonchev–Trinajstić information content (AvgIpc) is 2.40. The van der Waals surface area contributed by atoms with Gasteiger partial charge in [0.15, 0.2) is 5.78 Å². The molecule has 2 aromatic rings. The van der Waals surface area contributed by atoms with Gasteiger partial charge < -0.3 is 10.5 Å². The van der Waals surface area contributed by atoms with Crippen molar-refractivity contribution in [3.8, 4) is 5.75 Å². The molecule has 2 aromatic carbocycles. The standard InChI is InChI=1S/C15H13BrFNO2/c1-8-5-9(18)3-4-10(8)15(19)11-6-12(16)13(17)7-14(11)20-2/h3-7H,18H2,1-2H3. The van der Waals surface area contributed by atoms with Crippen molar-refractivity contribution < 1.29 is 13.9 Å². The van der Waals surface area contributed by atoms with Crippen LogP contribution in [0.1, 0.15) is 21.5 Å². The molecular weight excluding hydrogens is 325 g/mol. The number of halogens is 2. The van der Waals surface area contributed by atoms with Crippen molar-refractivity contribution >= 4 is 27.4 Å². The van der Waals surface area contributed by atoms with E-state index in [1.165, 1.54) is 19.2 Å². The molecule has 0 bridgehead atoms. The summed E-state index contributed by atoms with van der Waals surface area (Å²) in [4.78, 5) is 12.6. The highest BCUT2D eigenvalue weighted by Crippen LogP contribution is 2.29. The number of anilines is 1. The third-order valence-corrected chi connectivity index (χ3v) is 3.59.